The molecule has 39 heavy (non-hydrogen) atoms. The number of aryl methyl sites for hydroxylation is 1. The summed E-state index contributed by atoms with van der Waals surface area (Å²) in [6, 6.07) is 15.8. The predicted octanol–water partition coefficient (Wildman–Crippen LogP) is 4.64. The van der Waals surface area contributed by atoms with E-state index in [4.69, 9.17) is 4.74 Å². The van der Waals surface area contributed by atoms with E-state index in [-0.39, 0.29) is 31.6 Å². The molecule has 1 fully saturated rings. The molecule has 1 aliphatic heterocycles. The maximum absolute atomic E-state index is 14.4. The lowest BCUT2D eigenvalue weighted by Crippen LogP contribution is -2.37. The van der Waals surface area contributed by atoms with Crippen molar-refractivity contribution in [1.29, 1.82) is 0 Å². The molecule has 9 heteroatoms. The number of likely N-dealkylation sites (tertiary alicyclic amines) is 1. The Hall–Kier alpha value is -3.61. The van der Waals surface area contributed by atoms with Gasteiger partial charge in [-0.25, -0.2) is 9.37 Å². The van der Waals surface area contributed by atoms with Crippen LogP contribution >= 0.6 is 7.92 Å². The van der Waals surface area contributed by atoms with Crippen molar-refractivity contribution in [3.8, 4) is 5.75 Å². The van der Waals surface area contributed by atoms with Crippen LogP contribution in [0, 0.1) is 12.7 Å². The number of carbonyl (C=O) groups is 2. The number of carbonyl (C=O) groups excluding carboxylic acids is 2. The van der Waals surface area contributed by atoms with Crippen LogP contribution in [0.4, 0.5) is 10.2 Å². The third kappa shape index (κ3) is 7.71. The second-order valence-electron chi connectivity index (χ2n) is 9.85. The normalized spacial score (nSPS) is 16.1. The van der Waals surface area contributed by atoms with Crippen molar-refractivity contribution >= 4 is 30.9 Å². The SMILES string of the molecule is C=CC(=O)NC1CCN(CC(Oc2ccc(C(=O)Nc3ccc(P(C)C)cn3)cc2)c2ccc(C)c(F)c2)C1. The van der Waals surface area contributed by atoms with E-state index in [9.17, 15) is 14.0 Å². The Bertz CT molecular complexity index is 1310. The van der Waals surface area contributed by atoms with Gasteiger partial charge in [-0.2, -0.15) is 0 Å². The van der Waals surface area contributed by atoms with E-state index in [0.29, 0.717) is 35.8 Å². The average molecular weight is 549 g/mol. The van der Waals surface area contributed by atoms with Gasteiger partial charge in [-0.15, -0.1) is 0 Å². The summed E-state index contributed by atoms with van der Waals surface area (Å²) in [7, 11) is -0.249. The largest absolute Gasteiger partial charge is 0.484 e. The molecule has 2 N–H and O–H groups in total. The first-order valence-corrected chi connectivity index (χ1v) is 15.1. The topological polar surface area (TPSA) is 83.6 Å². The van der Waals surface area contributed by atoms with Crippen molar-refractivity contribution in [2.45, 2.75) is 25.5 Å². The van der Waals surface area contributed by atoms with Crippen LogP contribution in [0.25, 0.3) is 0 Å². The molecule has 0 spiro atoms. The third-order valence-electron chi connectivity index (χ3n) is 6.70. The summed E-state index contributed by atoms with van der Waals surface area (Å²) in [4.78, 5) is 31.0. The molecule has 0 saturated carbocycles. The number of nitrogens with zero attached hydrogens (tertiary/aromatic N) is 2. The molecule has 4 rings (SSSR count). The van der Waals surface area contributed by atoms with Gasteiger partial charge in [-0.3, -0.25) is 14.5 Å². The summed E-state index contributed by atoms with van der Waals surface area (Å²) < 4.78 is 20.8. The minimum atomic E-state index is -0.445. The quantitative estimate of drug-likeness (QED) is 0.285. The van der Waals surface area contributed by atoms with Gasteiger partial charge in [0.1, 0.15) is 23.5 Å². The van der Waals surface area contributed by atoms with Gasteiger partial charge in [-0.05, 0) is 91.6 Å². The van der Waals surface area contributed by atoms with E-state index in [1.807, 2.05) is 18.2 Å². The Balaban J connectivity index is 1.44. The second-order valence-corrected chi connectivity index (χ2v) is 12.2. The number of benzene rings is 2. The Morgan fingerprint density at radius 2 is 1.97 bits per heavy atom. The zero-order valence-corrected chi connectivity index (χ0v) is 23.4. The zero-order chi connectivity index (χ0) is 27.9. The molecule has 2 heterocycles. The van der Waals surface area contributed by atoms with Crippen molar-refractivity contribution < 1.29 is 18.7 Å². The minimum Gasteiger partial charge on any atom is -0.484 e. The van der Waals surface area contributed by atoms with Crippen molar-refractivity contribution in [1.82, 2.24) is 15.2 Å². The van der Waals surface area contributed by atoms with E-state index in [1.165, 1.54) is 17.4 Å². The molecule has 2 atom stereocenters. The highest BCUT2D eigenvalue weighted by Gasteiger charge is 2.27. The van der Waals surface area contributed by atoms with Gasteiger partial charge in [0.25, 0.3) is 5.91 Å². The highest BCUT2D eigenvalue weighted by atomic mass is 31.1. The van der Waals surface area contributed by atoms with Gasteiger partial charge in [0.05, 0.1) is 0 Å². The smallest absolute Gasteiger partial charge is 0.256 e. The monoisotopic (exact) mass is 548 g/mol. The Morgan fingerprint density at radius 1 is 1.21 bits per heavy atom. The molecule has 7 nitrogen and oxygen atoms in total. The molecular formula is C30H34FN4O3P. The lowest BCUT2D eigenvalue weighted by atomic mass is 10.1. The van der Waals surface area contributed by atoms with E-state index >= 15 is 0 Å². The number of nitrogens with one attached hydrogen (secondary N) is 2. The maximum Gasteiger partial charge on any atom is 0.256 e. The van der Waals surface area contributed by atoms with Crippen LogP contribution in [0.15, 0.2) is 73.4 Å². The summed E-state index contributed by atoms with van der Waals surface area (Å²) in [5.41, 5.74) is 1.76. The maximum atomic E-state index is 14.4. The molecule has 204 valence electrons. The fraction of sp³-hybridized carbons (Fsp3) is 0.300. The highest BCUT2D eigenvalue weighted by Crippen LogP contribution is 2.27. The Kier molecular flexibility index (Phi) is 9.44. The van der Waals surface area contributed by atoms with E-state index in [1.54, 1.807) is 43.5 Å². The van der Waals surface area contributed by atoms with Crippen LogP contribution in [0.3, 0.4) is 0 Å². The summed E-state index contributed by atoms with van der Waals surface area (Å²) in [6.45, 7) is 11.5. The molecule has 2 amide bonds. The number of hydrogen-bond donors (Lipinski definition) is 2. The first kappa shape index (κ1) is 28.4. The second kappa shape index (κ2) is 13.0. The molecule has 3 aromatic rings. The molecular weight excluding hydrogens is 514 g/mol. The summed E-state index contributed by atoms with van der Waals surface area (Å²) >= 11 is 0. The highest BCUT2D eigenvalue weighted by molar-refractivity contribution is 7.64. The van der Waals surface area contributed by atoms with Gasteiger partial charge < -0.3 is 15.4 Å². The lowest BCUT2D eigenvalue weighted by Gasteiger charge is -2.25. The lowest BCUT2D eigenvalue weighted by molar-refractivity contribution is -0.117. The number of ether oxygens (including phenoxy) is 1. The van der Waals surface area contributed by atoms with Crippen LogP contribution in [-0.2, 0) is 4.79 Å². The fourth-order valence-corrected chi connectivity index (χ4v) is 5.05. The van der Waals surface area contributed by atoms with E-state index in [0.717, 1.165) is 18.5 Å². The van der Waals surface area contributed by atoms with Gasteiger partial charge >= 0.3 is 0 Å². The summed E-state index contributed by atoms with van der Waals surface area (Å²) in [5, 5.41) is 6.93. The molecule has 0 aliphatic carbocycles. The van der Waals surface area contributed by atoms with Gasteiger partial charge in [0, 0.05) is 37.4 Å². The molecule has 0 radical (unpaired) electrons. The number of rotatable bonds is 10. The standard InChI is InChI=1S/C30H34FN4O3P/c1-5-29(36)33-23-14-15-35(18-23)19-27(22-7-6-20(2)26(31)16-22)38-24-10-8-21(9-11-24)30(37)34-28-13-12-25(17-32-28)39(3)4/h5-13,16-17,23,27H,1,14-15,18-19H2,2-4H3,(H,33,36)(H,32,34,37). The third-order valence-corrected chi connectivity index (χ3v) is 7.99. The molecule has 2 aromatic carbocycles. The first-order valence-electron chi connectivity index (χ1n) is 12.8. The average Bonchev–Trinajstić information content (AvgIpc) is 3.37. The van der Waals surface area contributed by atoms with Crippen molar-refractivity contribution in [3.63, 3.8) is 0 Å². The van der Waals surface area contributed by atoms with E-state index < -0.39 is 6.10 Å². The van der Waals surface area contributed by atoms with Gasteiger partial charge in [0.2, 0.25) is 5.91 Å². The van der Waals surface area contributed by atoms with Crippen LogP contribution < -0.4 is 20.7 Å². The fourth-order valence-electron chi connectivity index (χ4n) is 4.39. The Labute approximate surface area is 230 Å². The number of pyridine rings is 1. The van der Waals surface area contributed by atoms with Crippen molar-refractivity contribution in [2.75, 3.05) is 38.3 Å². The van der Waals surface area contributed by atoms with Crippen molar-refractivity contribution in [2.24, 2.45) is 0 Å². The number of amides is 2. The number of hydrogen-bond acceptors (Lipinski definition) is 5. The van der Waals surface area contributed by atoms with Crippen molar-refractivity contribution in [3.05, 3.63) is 96.0 Å². The molecule has 1 aliphatic rings. The summed E-state index contributed by atoms with van der Waals surface area (Å²) in [5.74, 6) is 0.315. The minimum absolute atomic E-state index is 0.0285. The number of aromatic nitrogens is 1. The number of halogens is 1. The molecule has 1 aromatic heterocycles. The van der Waals surface area contributed by atoms with Gasteiger partial charge in [0.15, 0.2) is 0 Å². The van der Waals surface area contributed by atoms with Crippen LogP contribution in [0.1, 0.15) is 34.0 Å². The van der Waals surface area contributed by atoms with Crippen LogP contribution in [-0.4, -0.2) is 60.7 Å². The van der Waals surface area contributed by atoms with Crippen LogP contribution in [0.2, 0.25) is 0 Å². The first-order chi connectivity index (χ1) is 18.7. The van der Waals surface area contributed by atoms with E-state index in [2.05, 4.69) is 40.4 Å². The predicted molar refractivity (Wildman–Crippen MR) is 155 cm³/mol. The Morgan fingerprint density at radius 3 is 2.62 bits per heavy atom. The van der Waals surface area contributed by atoms with Gasteiger partial charge in [-0.1, -0.05) is 26.6 Å². The van der Waals surface area contributed by atoms with Crippen LogP contribution in [0.5, 0.6) is 5.75 Å². The molecule has 0 bridgehead atoms. The molecule has 1 saturated heterocycles. The zero-order valence-electron chi connectivity index (χ0n) is 22.5. The molecule has 2 unspecified atom stereocenters. The number of anilines is 1. The summed E-state index contributed by atoms with van der Waals surface area (Å²) in [6.07, 6.45) is 3.43.